The van der Waals surface area contributed by atoms with Crippen molar-refractivity contribution in [3.05, 3.63) is 85.5 Å². The van der Waals surface area contributed by atoms with Gasteiger partial charge in [0.25, 0.3) is 0 Å². The second kappa shape index (κ2) is 8.35. The first kappa shape index (κ1) is 19.1. The molecule has 4 nitrogen and oxygen atoms in total. The van der Waals surface area contributed by atoms with Gasteiger partial charge in [-0.1, -0.05) is 44.3 Å². The Morgan fingerprint density at radius 3 is 2.11 bits per heavy atom. The lowest BCUT2D eigenvalue weighted by Crippen LogP contribution is -2.03. The first-order valence-corrected chi connectivity index (χ1v) is 8.89. The Hall–Kier alpha value is -3.66. The minimum Gasteiger partial charge on any atom is -0.423 e. The van der Waals surface area contributed by atoms with Gasteiger partial charge in [0, 0.05) is 12.2 Å². The Balaban J connectivity index is 1.98. The Kier molecular flexibility index (Phi) is 5.70. The molecule has 0 spiro atoms. The van der Waals surface area contributed by atoms with Gasteiger partial charge in [0.1, 0.15) is 11.5 Å². The summed E-state index contributed by atoms with van der Waals surface area (Å²) in [6.45, 7) is 8.88. The van der Waals surface area contributed by atoms with Crippen molar-refractivity contribution in [1.29, 1.82) is 0 Å². The van der Waals surface area contributed by atoms with Gasteiger partial charge in [-0.05, 0) is 64.2 Å². The summed E-state index contributed by atoms with van der Waals surface area (Å²) in [5.74, 6) is -0.0175. The van der Waals surface area contributed by atoms with Crippen LogP contribution >= 0.6 is 0 Å². The SMILES string of the molecule is C=CC(=O)Oc1cc(CC)cc(-c2ccc3cc(OC(=O)C=C)ccc3c2)c1. The topological polar surface area (TPSA) is 52.6 Å². The Morgan fingerprint density at radius 1 is 0.786 bits per heavy atom. The van der Waals surface area contributed by atoms with Gasteiger partial charge in [-0.15, -0.1) is 0 Å². The predicted octanol–water partition coefficient (Wildman–Crippen LogP) is 5.25. The van der Waals surface area contributed by atoms with Crippen LogP contribution in [0.25, 0.3) is 21.9 Å². The molecule has 0 unspecified atom stereocenters. The Labute approximate surface area is 163 Å². The molecule has 0 aliphatic heterocycles. The minimum atomic E-state index is -0.492. The van der Waals surface area contributed by atoms with Crippen LogP contribution < -0.4 is 9.47 Å². The quantitative estimate of drug-likeness (QED) is 0.337. The molecular formula is C24H20O4. The van der Waals surface area contributed by atoms with Gasteiger partial charge in [0.05, 0.1) is 0 Å². The van der Waals surface area contributed by atoms with Crippen molar-refractivity contribution in [1.82, 2.24) is 0 Å². The highest BCUT2D eigenvalue weighted by atomic mass is 16.5. The second-order valence-corrected chi connectivity index (χ2v) is 6.19. The van der Waals surface area contributed by atoms with E-state index in [-0.39, 0.29) is 0 Å². The Morgan fingerprint density at radius 2 is 1.43 bits per heavy atom. The van der Waals surface area contributed by atoms with E-state index >= 15 is 0 Å². The van der Waals surface area contributed by atoms with Crippen LogP contribution in [-0.2, 0) is 16.0 Å². The molecule has 0 heterocycles. The number of fused-ring (bicyclic) bond motifs is 1. The summed E-state index contributed by atoms with van der Waals surface area (Å²) in [4.78, 5) is 22.9. The van der Waals surface area contributed by atoms with Crippen LogP contribution in [0, 0.1) is 0 Å². The van der Waals surface area contributed by atoms with Crippen molar-refractivity contribution in [2.75, 3.05) is 0 Å². The van der Waals surface area contributed by atoms with E-state index in [2.05, 4.69) is 19.2 Å². The third kappa shape index (κ3) is 4.35. The van der Waals surface area contributed by atoms with Crippen LogP contribution in [0.5, 0.6) is 11.5 Å². The lowest BCUT2D eigenvalue weighted by Gasteiger charge is -2.10. The number of rotatable bonds is 6. The van der Waals surface area contributed by atoms with Gasteiger partial charge in [0.2, 0.25) is 0 Å². The average Bonchev–Trinajstić information content (AvgIpc) is 2.72. The summed E-state index contributed by atoms with van der Waals surface area (Å²) in [5.41, 5.74) is 3.01. The monoisotopic (exact) mass is 372 g/mol. The number of carbonyl (C=O) groups excluding carboxylic acids is 2. The fourth-order valence-corrected chi connectivity index (χ4v) is 2.87. The molecule has 0 amide bonds. The molecule has 0 aliphatic rings. The number of hydrogen-bond acceptors (Lipinski definition) is 4. The molecule has 0 aromatic heterocycles. The van der Waals surface area contributed by atoms with Crippen molar-refractivity contribution < 1.29 is 19.1 Å². The van der Waals surface area contributed by atoms with Crippen LogP contribution in [0.2, 0.25) is 0 Å². The lowest BCUT2D eigenvalue weighted by atomic mass is 9.98. The Bertz CT molecular complexity index is 1080. The van der Waals surface area contributed by atoms with Gasteiger partial charge in [-0.2, -0.15) is 0 Å². The molecule has 0 N–H and O–H groups in total. The summed E-state index contributed by atoms with van der Waals surface area (Å²) < 4.78 is 10.5. The van der Waals surface area contributed by atoms with Crippen LogP contribution in [0.15, 0.2) is 79.9 Å². The fraction of sp³-hybridized carbons (Fsp3) is 0.0833. The predicted molar refractivity (Wildman–Crippen MR) is 110 cm³/mol. The zero-order valence-corrected chi connectivity index (χ0v) is 15.6. The van der Waals surface area contributed by atoms with Crippen LogP contribution in [-0.4, -0.2) is 11.9 Å². The van der Waals surface area contributed by atoms with E-state index in [1.54, 1.807) is 12.1 Å². The summed E-state index contributed by atoms with van der Waals surface area (Å²) in [7, 11) is 0. The van der Waals surface area contributed by atoms with Gasteiger partial charge >= 0.3 is 11.9 Å². The number of esters is 2. The third-order valence-corrected chi connectivity index (χ3v) is 4.29. The van der Waals surface area contributed by atoms with Gasteiger partial charge in [-0.25, -0.2) is 9.59 Å². The zero-order valence-electron chi connectivity index (χ0n) is 15.6. The highest BCUT2D eigenvalue weighted by molar-refractivity contribution is 5.90. The number of carbonyl (C=O) groups is 2. The molecule has 0 saturated heterocycles. The summed E-state index contributed by atoms with van der Waals surface area (Å²) in [5, 5.41) is 1.95. The zero-order chi connectivity index (χ0) is 20.1. The lowest BCUT2D eigenvalue weighted by molar-refractivity contribution is -0.129. The van der Waals surface area contributed by atoms with E-state index in [0.717, 1.165) is 46.0 Å². The van der Waals surface area contributed by atoms with E-state index in [1.807, 2.05) is 43.3 Å². The highest BCUT2D eigenvalue weighted by Crippen LogP contribution is 2.30. The number of hydrogen-bond donors (Lipinski definition) is 0. The maximum Gasteiger partial charge on any atom is 0.335 e. The molecule has 0 fully saturated rings. The highest BCUT2D eigenvalue weighted by Gasteiger charge is 2.08. The molecule has 4 heteroatoms. The van der Waals surface area contributed by atoms with E-state index in [9.17, 15) is 9.59 Å². The number of aryl methyl sites for hydroxylation is 1. The molecule has 0 atom stereocenters. The van der Waals surface area contributed by atoms with Crippen LogP contribution in [0.4, 0.5) is 0 Å². The smallest absolute Gasteiger partial charge is 0.335 e. The molecule has 0 bridgehead atoms. The third-order valence-electron chi connectivity index (χ3n) is 4.29. The first-order chi connectivity index (χ1) is 13.5. The molecule has 0 saturated carbocycles. The fourth-order valence-electron chi connectivity index (χ4n) is 2.87. The van der Waals surface area contributed by atoms with Crippen molar-refractivity contribution >= 4 is 22.7 Å². The molecule has 0 aliphatic carbocycles. The average molecular weight is 372 g/mol. The van der Waals surface area contributed by atoms with Crippen molar-refractivity contribution in [2.24, 2.45) is 0 Å². The van der Waals surface area contributed by atoms with Crippen molar-refractivity contribution in [2.45, 2.75) is 13.3 Å². The minimum absolute atomic E-state index is 0.469. The summed E-state index contributed by atoms with van der Waals surface area (Å²) in [6.07, 6.45) is 3.09. The summed E-state index contributed by atoms with van der Waals surface area (Å²) >= 11 is 0. The molecule has 3 aromatic carbocycles. The van der Waals surface area contributed by atoms with E-state index in [4.69, 9.17) is 9.47 Å². The van der Waals surface area contributed by atoms with E-state index in [1.165, 1.54) is 0 Å². The molecular weight excluding hydrogens is 352 g/mol. The van der Waals surface area contributed by atoms with Crippen LogP contribution in [0.3, 0.4) is 0 Å². The van der Waals surface area contributed by atoms with E-state index < -0.39 is 11.9 Å². The van der Waals surface area contributed by atoms with Crippen molar-refractivity contribution in [3.8, 4) is 22.6 Å². The van der Waals surface area contributed by atoms with Gasteiger partial charge < -0.3 is 9.47 Å². The first-order valence-electron chi connectivity index (χ1n) is 8.89. The normalized spacial score (nSPS) is 10.3. The maximum absolute atomic E-state index is 11.6. The van der Waals surface area contributed by atoms with Gasteiger partial charge in [0.15, 0.2) is 0 Å². The number of benzene rings is 3. The molecule has 140 valence electrons. The van der Waals surface area contributed by atoms with Gasteiger partial charge in [-0.3, -0.25) is 0 Å². The van der Waals surface area contributed by atoms with E-state index in [0.29, 0.717) is 11.5 Å². The standard InChI is InChI=1S/C24H20O4/c1-4-16-11-20(15-22(12-16)28-24(26)6-3)18-7-8-19-14-21(27-23(25)5-2)10-9-17(19)13-18/h5-15H,2-4H2,1H3. The molecule has 3 rings (SSSR count). The maximum atomic E-state index is 11.6. The van der Waals surface area contributed by atoms with Crippen molar-refractivity contribution in [3.63, 3.8) is 0 Å². The number of ether oxygens (including phenoxy) is 2. The molecule has 28 heavy (non-hydrogen) atoms. The molecule has 0 radical (unpaired) electrons. The molecule has 3 aromatic rings. The van der Waals surface area contributed by atoms with Crippen LogP contribution in [0.1, 0.15) is 12.5 Å². The summed E-state index contributed by atoms with van der Waals surface area (Å²) in [6, 6.07) is 17.2. The largest absolute Gasteiger partial charge is 0.423 e. The second-order valence-electron chi connectivity index (χ2n) is 6.19.